The van der Waals surface area contributed by atoms with Gasteiger partial charge in [0, 0.05) is 10.6 Å². The average Bonchev–Trinajstić information content (AvgIpc) is 2.90. The first-order valence-corrected chi connectivity index (χ1v) is 15.1. The van der Waals surface area contributed by atoms with Crippen LogP contribution in [0.5, 0.6) is 0 Å². The predicted octanol–water partition coefficient (Wildman–Crippen LogP) is 5.54. The van der Waals surface area contributed by atoms with E-state index in [2.05, 4.69) is 119 Å². The average molecular weight is 548 g/mol. The Hall–Kier alpha value is -3.69. The van der Waals surface area contributed by atoms with E-state index >= 15 is 0 Å². The largest absolute Gasteiger partial charge is 0.462 e. The number of nitrogens with zero attached hydrogens (tertiary/aromatic N) is 2. The first-order chi connectivity index (χ1) is 19.2. The summed E-state index contributed by atoms with van der Waals surface area (Å²) in [5.74, 6) is -0.447. The molecule has 0 aliphatic heterocycles. The third-order valence-electron chi connectivity index (χ3n) is 7.03. The number of benzene rings is 4. The Morgan fingerprint density at radius 3 is 1.52 bits per heavy atom. The molecule has 0 spiro atoms. The highest BCUT2D eigenvalue weighted by Crippen LogP contribution is 2.40. The van der Waals surface area contributed by atoms with Gasteiger partial charge in [0.15, 0.2) is 0 Å². The molecule has 4 nitrogen and oxygen atoms in total. The minimum atomic E-state index is -1.18. The van der Waals surface area contributed by atoms with Crippen LogP contribution >= 0.6 is 8.07 Å². The summed E-state index contributed by atoms with van der Waals surface area (Å²) in [5, 5.41) is 7.33. The number of hydrogen-bond donors (Lipinski definition) is 0. The molecule has 0 heterocycles. The number of carbonyl (C=O) groups excluding carboxylic acids is 1. The van der Waals surface area contributed by atoms with E-state index in [4.69, 9.17) is 9.84 Å². The number of hydrogen-bond acceptors (Lipinski definition) is 4. The topological polar surface area (TPSA) is 41.9 Å². The smallest absolute Gasteiger partial charge is 0.351 e. The SMILES string of the molecule is CCOC(=O)/C=N/N(B(c1c(C)cc(C)cc1C)c1c(C)cc(C)cc1C)P(c1ccccc1)c1ccccc1. The van der Waals surface area contributed by atoms with Gasteiger partial charge in [-0.2, -0.15) is 5.10 Å². The molecule has 0 atom stereocenters. The van der Waals surface area contributed by atoms with Crippen molar-refractivity contribution in [2.45, 2.75) is 48.5 Å². The van der Waals surface area contributed by atoms with Crippen molar-refractivity contribution in [2.75, 3.05) is 6.61 Å². The highest BCUT2D eigenvalue weighted by atomic mass is 31.1. The Kier molecular flexibility index (Phi) is 9.61. The molecular weight excluding hydrogens is 510 g/mol. The lowest BCUT2D eigenvalue weighted by atomic mass is 9.47. The van der Waals surface area contributed by atoms with E-state index in [9.17, 15) is 4.79 Å². The molecule has 4 rings (SSSR count). The minimum Gasteiger partial charge on any atom is -0.462 e. The zero-order chi connectivity index (χ0) is 28.8. The maximum absolute atomic E-state index is 12.7. The summed E-state index contributed by atoms with van der Waals surface area (Å²) in [5.41, 5.74) is 9.68. The first-order valence-electron chi connectivity index (χ1n) is 13.8. The second-order valence-electron chi connectivity index (χ2n) is 10.3. The van der Waals surface area contributed by atoms with E-state index in [0.29, 0.717) is 6.61 Å². The van der Waals surface area contributed by atoms with Gasteiger partial charge in [-0.05, 0) is 59.4 Å². The van der Waals surface area contributed by atoms with Gasteiger partial charge >= 0.3 is 12.8 Å². The maximum atomic E-state index is 12.7. The van der Waals surface area contributed by atoms with Crippen molar-refractivity contribution in [1.29, 1.82) is 0 Å². The molecule has 0 aromatic heterocycles. The molecule has 6 heteroatoms. The van der Waals surface area contributed by atoms with Crippen LogP contribution in [0, 0.1) is 41.5 Å². The van der Waals surface area contributed by atoms with Crippen LogP contribution in [0.2, 0.25) is 0 Å². The molecule has 4 aromatic rings. The summed E-state index contributed by atoms with van der Waals surface area (Å²) in [7, 11) is -1.18. The summed E-state index contributed by atoms with van der Waals surface area (Å²) in [6.07, 6.45) is 1.34. The molecule has 40 heavy (non-hydrogen) atoms. The van der Waals surface area contributed by atoms with Gasteiger partial charge in [-0.15, -0.1) is 0 Å². The third-order valence-corrected chi connectivity index (χ3v) is 9.35. The number of rotatable bonds is 9. The monoisotopic (exact) mass is 548 g/mol. The predicted molar refractivity (Wildman–Crippen MR) is 172 cm³/mol. The van der Waals surface area contributed by atoms with E-state index in [1.807, 2.05) is 19.1 Å². The molecule has 0 fully saturated rings. The number of aryl methyl sites for hydroxylation is 6. The lowest BCUT2D eigenvalue weighted by Crippen LogP contribution is -2.57. The van der Waals surface area contributed by atoms with Crippen LogP contribution < -0.4 is 21.5 Å². The summed E-state index contributed by atoms with van der Waals surface area (Å²) < 4.78 is 7.47. The van der Waals surface area contributed by atoms with Gasteiger partial charge in [-0.1, -0.05) is 118 Å². The third kappa shape index (κ3) is 6.54. The zero-order valence-electron chi connectivity index (χ0n) is 24.6. The first kappa shape index (κ1) is 29.3. The number of ether oxygens (including phenoxy) is 1. The fraction of sp³-hybridized carbons (Fsp3) is 0.235. The van der Waals surface area contributed by atoms with Gasteiger partial charge in [0.2, 0.25) is 0 Å². The molecule has 204 valence electrons. The quantitative estimate of drug-likeness (QED) is 0.0907. The van der Waals surface area contributed by atoms with Gasteiger partial charge in [0.05, 0.1) is 14.7 Å². The molecule has 0 unspecified atom stereocenters. The van der Waals surface area contributed by atoms with Crippen molar-refractivity contribution in [3.63, 3.8) is 0 Å². The van der Waals surface area contributed by atoms with Crippen molar-refractivity contribution >= 4 is 48.6 Å². The fourth-order valence-electron chi connectivity index (χ4n) is 5.66. The van der Waals surface area contributed by atoms with E-state index in [1.165, 1.54) is 50.5 Å². The van der Waals surface area contributed by atoms with Crippen molar-refractivity contribution in [3.05, 3.63) is 118 Å². The Morgan fingerprint density at radius 1 is 0.750 bits per heavy atom. The molecule has 0 radical (unpaired) electrons. The standard InChI is InChI=1S/C34H38BN2O2P/c1-8-39-32(38)23-36-37(40(30-15-11-9-12-16-30)31-17-13-10-14-18-31)35(33-26(4)19-24(2)20-27(33)5)34-28(6)21-25(3)22-29(34)7/h9-23H,8H2,1-7H3/b36-23+. The molecular formula is C34H38BN2O2P. The van der Waals surface area contributed by atoms with Gasteiger partial charge in [-0.25, -0.2) is 4.79 Å². The van der Waals surface area contributed by atoms with Crippen LogP contribution in [0.15, 0.2) is 90.0 Å². The summed E-state index contributed by atoms with van der Waals surface area (Å²) in [6, 6.07) is 30.0. The number of esters is 1. The van der Waals surface area contributed by atoms with E-state index < -0.39 is 14.0 Å². The maximum Gasteiger partial charge on any atom is 0.351 e. The lowest BCUT2D eigenvalue weighted by molar-refractivity contribution is -0.134. The minimum absolute atomic E-state index is 0.238. The number of hydrazone groups is 1. The molecule has 0 aliphatic rings. The van der Waals surface area contributed by atoms with Gasteiger partial charge in [-0.3, -0.25) is 4.69 Å². The lowest BCUT2D eigenvalue weighted by Gasteiger charge is -2.37. The van der Waals surface area contributed by atoms with Gasteiger partial charge < -0.3 is 4.74 Å². The van der Waals surface area contributed by atoms with Crippen LogP contribution in [0.3, 0.4) is 0 Å². The normalized spacial score (nSPS) is 11.2. The van der Waals surface area contributed by atoms with Crippen molar-refractivity contribution in [3.8, 4) is 0 Å². The van der Waals surface area contributed by atoms with Crippen molar-refractivity contribution < 1.29 is 9.53 Å². The Labute approximate surface area is 241 Å². The van der Waals surface area contributed by atoms with E-state index in [-0.39, 0.29) is 6.85 Å². The van der Waals surface area contributed by atoms with Crippen LogP contribution in [0.25, 0.3) is 0 Å². The van der Waals surface area contributed by atoms with Crippen molar-refractivity contribution in [1.82, 2.24) is 4.69 Å². The van der Waals surface area contributed by atoms with Crippen LogP contribution in [0.1, 0.15) is 40.3 Å². The van der Waals surface area contributed by atoms with Gasteiger partial charge in [0.25, 0.3) is 0 Å². The molecule has 0 bridgehead atoms. The van der Waals surface area contributed by atoms with Crippen LogP contribution in [-0.4, -0.2) is 30.3 Å². The second-order valence-corrected chi connectivity index (χ2v) is 12.4. The Balaban J connectivity index is 2.10. The summed E-state index contributed by atoms with van der Waals surface area (Å²) >= 11 is 0. The zero-order valence-corrected chi connectivity index (χ0v) is 25.5. The Morgan fingerprint density at radius 2 is 1.15 bits per heavy atom. The van der Waals surface area contributed by atoms with E-state index in [1.54, 1.807) is 0 Å². The van der Waals surface area contributed by atoms with Crippen molar-refractivity contribution in [2.24, 2.45) is 5.10 Å². The molecule has 0 N–H and O–H groups in total. The molecule has 0 saturated heterocycles. The fourth-order valence-corrected chi connectivity index (χ4v) is 7.96. The second kappa shape index (κ2) is 13.1. The molecule has 0 saturated carbocycles. The highest BCUT2D eigenvalue weighted by molar-refractivity contribution is 7.72. The van der Waals surface area contributed by atoms with Crippen LogP contribution in [0.4, 0.5) is 0 Å². The molecule has 4 aromatic carbocycles. The van der Waals surface area contributed by atoms with E-state index in [0.717, 1.165) is 10.6 Å². The van der Waals surface area contributed by atoms with Crippen LogP contribution in [-0.2, 0) is 9.53 Å². The highest BCUT2D eigenvalue weighted by Gasteiger charge is 2.38. The molecule has 0 amide bonds. The molecule has 0 aliphatic carbocycles. The Bertz CT molecular complexity index is 1360. The summed E-state index contributed by atoms with van der Waals surface area (Å²) in [4.78, 5) is 12.7. The van der Waals surface area contributed by atoms with Gasteiger partial charge in [0.1, 0.15) is 6.21 Å². The summed E-state index contributed by atoms with van der Waals surface area (Å²) in [6.45, 7) is 14.9. The number of carbonyl (C=O) groups is 1.